The molecule has 0 spiro atoms. The first-order valence-corrected chi connectivity index (χ1v) is 8.36. The Morgan fingerprint density at radius 1 is 1.24 bits per heavy atom. The predicted octanol–water partition coefficient (Wildman–Crippen LogP) is 2.29. The molecule has 0 aromatic carbocycles. The molecule has 1 atom stereocenters. The summed E-state index contributed by atoms with van der Waals surface area (Å²) >= 11 is 0. The predicted molar refractivity (Wildman–Crippen MR) is 90.4 cm³/mol. The van der Waals surface area contributed by atoms with Gasteiger partial charge in [0.05, 0.1) is 0 Å². The van der Waals surface area contributed by atoms with Gasteiger partial charge in [0, 0.05) is 42.3 Å². The zero-order valence-electron chi connectivity index (χ0n) is 14.6. The third-order valence-corrected chi connectivity index (χ3v) is 4.23. The Labute approximate surface area is 145 Å². The summed E-state index contributed by atoms with van der Waals surface area (Å²) in [4.78, 5) is 20.9. The van der Waals surface area contributed by atoms with Gasteiger partial charge in [-0.2, -0.15) is 0 Å². The maximum atomic E-state index is 14.4. The zero-order valence-corrected chi connectivity index (χ0v) is 14.6. The number of rotatable bonds is 4. The van der Waals surface area contributed by atoms with Crippen molar-refractivity contribution in [3.63, 3.8) is 0 Å². The minimum atomic E-state index is -1.56. The number of hydrogen-bond acceptors (Lipinski definition) is 5. The van der Waals surface area contributed by atoms with Crippen molar-refractivity contribution in [2.75, 3.05) is 18.5 Å². The van der Waals surface area contributed by atoms with Gasteiger partial charge in [-0.15, -0.1) is 5.10 Å². The van der Waals surface area contributed by atoms with E-state index in [1.165, 1.54) is 4.68 Å². The number of nitrogens with one attached hydrogen (secondary N) is 1. The van der Waals surface area contributed by atoms with Crippen LogP contribution in [0.1, 0.15) is 29.9 Å². The monoisotopic (exact) mass is 347 g/mol. The molecule has 1 fully saturated rings. The lowest BCUT2D eigenvalue weighted by Gasteiger charge is -2.24. The summed E-state index contributed by atoms with van der Waals surface area (Å²) < 4.78 is 21.1. The summed E-state index contributed by atoms with van der Waals surface area (Å²) in [6.45, 7) is 6.57. The van der Waals surface area contributed by atoms with E-state index in [9.17, 15) is 9.18 Å². The van der Waals surface area contributed by atoms with Crippen molar-refractivity contribution in [2.45, 2.75) is 39.8 Å². The lowest BCUT2D eigenvalue weighted by molar-refractivity contribution is -0.124. The van der Waals surface area contributed by atoms with Crippen LogP contribution >= 0.6 is 0 Å². The lowest BCUT2D eigenvalue weighted by atomic mass is 9.94. The average molecular weight is 347 g/mol. The molecule has 8 heteroatoms. The van der Waals surface area contributed by atoms with E-state index in [0.717, 1.165) is 17.1 Å². The summed E-state index contributed by atoms with van der Waals surface area (Å²) in [6, 6.07) is 3.54. The Hall–Kier alpha value is -2.35. The molecule has 0 aliphatic carbocycles. The highest BCUT2D eigenvalue weighted by Gasteiger charge is 2.30. The topological polar surface area (TPSA) is 81.9 Å². The number of alkyl halides is 1. The number of ether oxygens (including phenoxy) is 1. The average Bonchev–Trinajstić information content (AvgIpc) is 2.94. The van der Waals surface area contributed by atoms with E-state index >= 15 is 0 Å². The van der Waals surface area contributed by atoms with Crippen LogP contribution in [0, 0.1) is 26.7 Å². The molecule has 2 aromatic rings. The molecule has 1 unspecified atom stereocenters. The number of halogens is 1. The number of carbonyl (C=O) groups is 1. The van der Waals surface area contributed by atoms with Crippen molar-refractivity contribution in [2.24, 2.45) is 5.92 Å². The fourth-order valence-electron chi connectivity index (χ4n) is 2.96. The molecule has 0 radical (unpaired) electrons. The molecule has 2 aromatic heterocycles. The maximum Gasteiger partial charge on any atom is 0.260 e. The Morgan fingerprint density at radius 2 is 1.88 bits per heavy atom. The fourth-order valence-corrected chi connectivity index (χ4v) is 2.96. The Balaban J connectivity index is 1.74. The van der Waals surface area contributed by atoms with Crippen molar-refractivity contribution in [1.29, 1.82) is 0 Å². The number of anilines is 1. The summed E-state index contributed by atoms with van der Waals surface area (Å²) in [5.74, 6) is -0.255. The fraction of sp³-hybridized carbons (Fsp3) is 0.529. The summed E-state index contributed by atoms with van der Waals surface area (Å²) in [6.07, 6.45) is -0.455. The zero-order chi connectivity index (χ0) is 18.0. The summed E-state index contributed by atoms with van der Waals surface area (Å²) in [5, 5.41) is 6.86. The van der Waals surface area contributed by atoms with Gasteiger partial charge in [0.1, 0.15) is 0 Å². The van der Waals surface area contributed by atoms with Crippen LogP contribution in [0.15, 0.2) is 12.1 Å². The summed E-state index contributed by atoms with van der Waals surface area (Å²) in [5.41, 5.74) is 2.40. The van der Waals surface area contributed by atoms with Gasteiger partial charge in [0.2, 0.25) is 0 Å². The molecule has 3 rings (SSSR count). The quantitative estimate of drug-likeness (QED) is 0.918. The van der Waals surface area contributed by atoms with Crippen LogP contribution in [-0.4, -0.2) is 45.0 Å². The molecule has 1 aliphatic rings. The largest absolute Gasteiger partial charge is 0.381 e. The van der Waals surface area contributed by atoms with Gasteiger partial charge in [0.15, 0.2) is 12.0 Å². The number of aryl methyl sites for hydroxylation is 3. The second-order valence-corrected chi connectivity index (χ2v) is 6.37. The Bertz CT molecular complexity index is 750. The standard InChI is InChI=1S/C17H22FN5O2/c1-10-8-11(2)20-17(19-10)23-12(3)9-14(22-23)21-16(24)15(18)13-4-6-25-7-5-13/h8-9,13,15H,4-7H2,1-3H3,(H,21,22,24). The molecule has 0 bridgehead atoms. The molecule has 7 nitrogen and oxygen atoms in total. The van der Waals surface area contributed by atoms with Crippen molar-refractivity contribution in [3.8, 4) is 5.95 Å². The highest BCUT2D eigenvalue weighted by molar-refractivity contribution is 5.93. The van der Waals surface area contributed by atoms with Gasteiger partial charge in [-0.25, -0.2) is 19.0 Å². The molecule has 1 aliphatic heterocycles. The number of hydrogen-bond donors (Lipinski definition) is 1. The second kappa shape index (κ2) is 7.26. The highest BCUT2D eigenvalue weighted by Crippen LogP contribution is 2.22. The minimum absolute atomic E-state index is 0.292. The summed E-state index contributed by atoms with van der Waals surface area (Å²) in [7, 11) is 0. The van der Waals surface area contributed by atoms with Gasteiger partial charge in [-0.1, -0.05) is 0 Å². The molecular formula is C17H22FN5O2. The number of nitrogens with zero attached hydrogens (tertiary/aromatic N) is 4. The van der Waals surface area contributed by atoms with Gasteiger partial charge >= 0.3 is 0 Å². The van der Waals surface area contributed by atoms with Crippen LogP contribution in [0.3, 0.4) is 0 Å². The van der Waals surface area contributed by atoms with E-state index in [0.29, 0.717) is 37.8 Å². The molecule has 1 amide bonds. The molecular weight excluding hydrogens is 325 g/mol. The number of carbonyl (C=O) groups excluding carboxylic acids is 1. The van der Waals surface area contributed by atoms with E-state index in [1.54, 1.807) is 6.07 Å². The molecule has 1 saturated heterocycles. The second-order valence-electron chi connectivity index (χ2n) is 6.37. The first-order valence-electron chi connectivity index (χ1n) is 8.36. The van der Waals surface area contributed by atoms with Gasteiger partial charge < -0.3 is 10.1 Å². The van der Waals surface area contributed by atoms with E-state index in [1.807, 2.05) is 26.8 Å². The van der Waals surface area contributed by atoms with E-state index in [4.69, 9.17) is 4.74 Å². The van der Waals surface area contributed by atoms with Gasteiger partial charge in [-0.3, -0.25) is 4.79 Å². The molecule has 1 N–H and O–H groups in total. The lowest BCUT2D eigenvalue weighted by Crippen LogP contribution is -2.34. The maximum absolute atomic E-state index is 14.4. The molecule has 25 heavy (non-hydrogen) atoms. The third-order valence-electron chi connectivity index (χ3n) is 4.23. The van der Waals surface area contributed by atoms with E-state index in [-0.39, 0.29) is 5.92 Å². The van der Waals surface area contributed by atoms with E-state index < -0.39 is 12.1 Å². The van der Waals surface area contributed by atoms with Crippen molar-refractivity contribution >= 4 is 11.7 Å². The number of aromatic nitrogens is 4. The Morgan fingerprint density at radius 3 is 2.52 bits per heavy atom. The smallest absolute Gasteiger partial charge is 0.260 e. The third kappa shape index (κ3) is 4.01. The van der Waals surface area contributed by atoms with Crippen LogP contribution in [-0.2, 0) is 9.53 Å². The SMILES string of the molecule is Cc1cc(C)nc(-n2nc(NC(=O)C(F)C3CCOCC3)cc2C)n1. The molecule has 3 heterocycles. The van der Waals surface area contributed by atoms with Crippen LogP contribution in [0.25, 0.3) is 5.95 Å². The van der Waals surface area contributed by atoms with Crippen molar-refractivity contribution in [3.05, 3.63) is 29.2 Å². The van der Waals surface area contributed by atoms with Gasteiger partial charge in [0.25, 0.3) is 11.9 Å². The van der Waals surface area contributed by atoms with Crippen molar-refractivity contribution in [1.82, 2.24) is 19.7 Å². The van der Waals surface area contributed by atoms with Gasteiger partial charge in [-0.05, 0) is 39.7 Å². The van der Waals surface area contributed by atoms with Crippen LogP contribution in [0.2, 0.25) is 0 Å². The number of amides is 1. The van der Waals surface area contributed by atoms with Crippen LogP contribution in [0.4, 0.5) is 10.2 Å². The molecule has 134 valence electrons. The Kier molecular flexibility index (Phi) is 5.08. The van der Waals surface area contributed by atoms with E-state index in [2.05, 4.69) is 20.4 Å². The molecule has 0 saturated carbocycles. The first-order chi connectivity index (χ1) is 11.9. The minimum Gasteiger partial charge on any atom is -0.381 e. The van der Waals surface area contributed by atoms with Crippen LogP contribution < -0.4 is 5.32 Å². The highest BCUT2D eigenvalue weighted by atomic mass is 19.1. The van der Waals surface area contributed by atoms with Crippen LogP contribution in [0.5, 0.6) is 0 Å². The van der Waals surface area contributed by atoms with Crippen molar-refractivity contribution < 1.29 is 13.9 Å². The first kappa shape index (κ1) is 17.5. The normalized spacial score (nSPS) is 16.6.